The number of carbonyl (C=O) groups is 2. The molecule has 0 radical (unpaired) electrons. The lowest BCUT2D eigenvalue weighted by molar-refractivity contribution is -0.141. The average molecular weight is 369 g/mol. The Morgan fingerprint density at radius 2 is 1.70 bits per heavy atom. The van der Waals surface area contributed by atoms with Crippen LogP contribution >= 0.6 is 0 Å². The molecule has 3 aliphatic rings. The molecule has 1 saturated heterocycles. The van der Waals surface area contributed by atoms with Crippen LogP contribution in [0.3, 0.4) is 0 Å². The third-order valence-electron chi connectivity index (χ3n) is 6.84. The number of hydrogen-bond donors (Lipinski definition) is 1. The second-order valence-electron chi connectivity index (χ2n) is 8.61. The first-order valence-electron chi connectivity index (χ1n) is 10.9. The van der Waals surface area contributed by atoms with Gasteiger partial charge in [0.05, 0.1) is 11.3 Å². The van der Waals surface area contributed by atoms with E-state index < -0.39 is 0 Å². The molecule has 4 heteroatoms. The van der Waals surface area contributed by atoms with Crippen molar-refractivity contribution in [3.63, 3.8) is 0 Å². The molecule has 4 nitrogen and oxygen atoms in total. The Hall–Kier alpha value is -1.84. The Morgan fingerprint density at radius 1 is 0.963 bits per heavy atom. The zero-order valence-electron chi connectivity index (χ0n) is 16.3. The summed E-state index contributed by atoms with van der Waals surface area (Å²) in [7, 11) is 0. The SMILES string of the molecule is O=C1NCCCCCCN(C(=O)C2(c3ccccc3)CC2)[C@H]2CCCC[C@@H]12. The monoisotopic (exact) mass is 368 g/mol. The van der Waals surface area contributed by atoms with Gasteiger partial charge < -0.3 is 10.2 Å². The molecule has 1 heterocycles. The number of carbonyl (C=O) groups excluding carboxylic acids is 2. The van der Waals surface area contributed by atoms with Crippen LogP contribution in [-0.2, 0) is 15.0 Å². The number of hydrogen-bond acceptors (Lipinski definition) is 2. The first-order chi connectivity index (χ1) is 13.2. The molecule has 27 heavy (non-hydrogen) atoms. The largest absolute Gasteiger partial charge is 0.356 e. The molecule has 0 aromatic heterocycles. The lowest BCUT2D eigenvalue weighted by Gasteiger charge is -2.41. The predicted molar refractivity (Wildman–Crippen MR) is 106 cm³/mol. The van der Waals surface area contributed by atoms with Crippen LogP contribution in [0.25, 0.3) is 0 Å². The van der Waals surface area contributed by atoms with Crippen LogP contribution in [0.2, 0.25) is 0 Å². The van der Waals surface area contributed by atoms with Crippen LogP contribution in [0.15, 0.2) is 30.3 Å². The predicted octanol–water partition coefficient (Wildman–Crippen LogP) is 3.80. The van der Waals surface area contributed by atoms with Gasteiger partial charge in [-0.15, -0.1) is 0 Å². The maximum absolute atomic E-state index is 13.8. The molecule has 0 bridgehead atoms. The molecular formula is C23H32N2O2. The van der Waals surface area contributed by atoms with E-state index in [1.54, 1.807) is 0 Å². The maximum Gasteiger partial charge on any atom is 0.233 e. The number of rotatable bonds is 2. The molecule has 2 saturated carbocycles. The van der Waals surface area contributed by atoms with E-state index in [9.17, 15) is 9.59 Å². The van der Waals surface area contributed by atoms with Gasteiger partial charge in [0.15, 0.2) is 0 Å². The summed E-state index contributed by atoms with van der Waals surface area (Å²) in [6.07, 6.45) is 10.3. The van der Waals surface area contributed by atoms with Crippen molar-refractivity contribution >= 4 is 11.8 Å². The second-order valence-corrected chi connectivity index (χ2v) is 8.61. The van der Waals surface area contributed by atoms with Crippen LogP contribution in [0, 0.1) is 5.92 Å². The summed E-state index contributed by atoms with van der Waals surface area (Å²) in [5.41, 5.74) is 0.820. The van der Waals surface area contributed by atoms with Gasteiger partial charge in [-0.2, -0.15) is 0 Å². The zero-order valence-corrected chi connectivity index (χ0v) is 16.3. The van der Waals surface area contributed by atoms with Crippen LogP contribution in [-0.4, -0.2) is 35.8 Å². The Morgan fingerprint density at radius 3 is 2.48 bits per heavy atom. The quantitative estimate of drug-likeness (QED) is 0.863. The Kier molecular flexibility index (Phi) is 5.51. The van der Waals surface area contributed by atoms with E-state index in [0.29, 0.717) is 0 Å². The van der Waals surface area contributed by atoms with E-state index >= 15 is 0 Å². The van der Waals surface area contributed by atoms with E-state index in [2.05, 4.69) is 22.3 Å². The highest BCUT2D eigenvalue weighted by molar-refractivity contribution is 5.92. The molecule has 1 aliphatic heterocycles. The van der Waals surface area contributed by atoms with Gasteiger partial charge in [0, 0.05) is 19.1 Å². The highest BCUT2D eigenvalue weighted by atomic mass is 16.2. The van der Waals surface area contributed by atoms with Crippen molar-refractivity contribution in [2.75, 3.05) is 13.1 Å². The molecule has 1 N–H and O–H groups in total. The van der Waals surface area contributed by atoms with Gasteiger partial charge >= 0.3 is 0 Å². The highest BCUT2D eigenvalue weighted by Crippen LogP contribution is 2.50. The third kappa shape index (κ3) is 3.76. The van der Waals surface area contributed by atoms with Crippen molar-refractivity contribution in [3.05, 3.63) is 35.9 Å². The first-order valence-corrected chi connectivity index (χ1v) is 10.9. The maximum atomic E-state index is 13.8. The van der Waals surface area contributed by atoms with Crippen molar-refractivity contribution in [3.8, 4) is 0 Å². The van der Waals surface area contributed by atoms with Crippen molar-refractivity contribution in [2.45, 2.75) is 75.7 Å². The second kappa shape index (κ2) is 8.04. The average Bonchev–Trinajstić information content (AvgIpc) is 3.52. The molecule has 4 rings (SSSR count). The Labute approximate surface area is 162 Å². The molecule has 2 atom stereocenters. The van der Waals surface area contributed by atoms with Gasteiger partial charge in [-0.3, -0.25) is 9.59 Å². The fourth-order valence-corrected chi connectivity index (χ4v) is 5.09. The van der Waals surface area contributed by atoms with Crippen molar-refractivity contribution in [1.82, 2.24) is 10.2 Å². The summed E-state index contributed by atoms with van der Waals surface area (Å²) >= 11 is 0. The van der Waals surface area contributed by atoms with Gasteiger partial charge in [0.2, 0.25) is 11.8 Å². The molecule has 1 aromatic rings. The fraction of sp³-hybridized carbons (Fsp3) is 0.652. The smallest absolute Gasteiger partial charge is 0.233 e. The molecule has 1 aromatic carbocycles. The van der Waals surface area contributed by atoms with E-state index in [0.717, 1.165) is 82.9 Å². The topological polar surface area (TPSA) is 49.4 Å². The lowest BCUT2D eigenvalue weighted by atomic mass is 9.81. The van der Waals surface area contributed by atoms with E-state index in [1.807, 2.05) is 18.2 Å². The fourth-order valence-electron chi connectivity index (χ4n) is 5.09. The Balaban J connectivity index is 1.62. The summed E-state index contributed by atoms with van der Waals surface area (Å²) in [4.78, 5) is 28.8. The first kappa shape index (κ1) is 18.5. The van der Waals surface area contributed by atoms with Crippen LogP contribution < -0.4 is 5.32 Å². The van der Waals surface area contributed by atoms with Gasteiger partial charge in [-0.05, 0) is 44.1 Å². The number of nitrogens with zero attached hydrogens (tertiary/aromatic N) is 1. The number of amides is 2. The lowest BCUT2D eigenvalue weighted by Crippen LogP contribution is -2.53. The molecule has 2 amide bonds. The summed E-state index contributed by atoms with van der Waals surface area (Å²) in [6, 6.07) is 10.4. The van der Waals surface area contributed by atoms with Crippen molar-refractivity contribution in [2.24, 2.45) is 5.92 Å². The van der Waals surface area contributed by atoms with Gasteiger partial charge in [-0.25, -0.2) is 0 Å². The minimum absolute atomic E-state index is 0.0348. The minimum atomic E-state index is -0.333. The summed E-state index contributed by atoms with van der Waals surface area (Å²) < 4.78 is 0. The Bertz CT molecular complexity index is 668. The zero-order chi connectivity index (χ0) is 18.7. The summed E-state index contributed by atoms with van der Waals surface area (Å²) in [5, 5.41) is 3.15. The molecule has 0 spiro atoms. The van der Waals surface area contributed by atoms with Crippen LogP contribution in [0.5, 0.6) is 0 Å². The van der Waals surface area contributed by atoms with Crippen molar-refractivity contribution in [1.29, 1.82) is 0 Å². The standard InChI is InChI=1S/C23H32N2O2/c26-21-19-12-6-7-13-20(19)25(17-9-2-1-8-16-24-21)22(27)23(14-15-23)18-10-4-3-5-11-18/h3-5,10-11,19-20H,1-2,6-9,12-17H2,(H,24,26)/t19-,20+/m1/s1. The minimum Gasteiger partial charge on any atom is -0.356 e. The van der Waals surface area contributed by atoms with Crippen LogP contribution in [0.4, 0.5) is 0 Å². The van der Waals surface area contributed by atoms with E-state index in [1.165, 1.54) is 0 Å². The summed E-state index contributed by atoms with van der Waals surface area (Å²) in [6.45, 7) is 1.59. The third-order valence-corrected chi connectivity index (χ3v) is 6.84. The highest BCUT2D eigenvalue weighted by Gasteiger charge is 2.54. The normalized spacial score (nSPS) is 28.4. The molecule has 3 fully saturated rings. The molecule has 2 aliphatic carbocycles. The van der Waals surface area contributed by atoms with E-state index in [-0.39, 0.29) is 29.2 Å². The molecular weight excluding hydrogens is 336 g/mol. The van der Waals surface area contributed by atoms with Gasteiger partial charge in [0.1, 0.15) is 0 Å². The number of nitrogens with one attached hydrogen (secondary N) is 1. The summed E-state index contributed by atoms with van der Waals surface area (Å²) in [5.74, 6) is 0.411. The number of fused-ring (bicyclic) bond motifs is 1. The number of benzene rings is 1. The molecule has 0 unspecified atom stereocenters. The van der Waals surface area contributed by atoms with Gasteiger partial charge in [0.25, 0.3) is 0 Å². The van der Waals surface area contributed by atoms with Crippen LogP contribution in [0.1, 0.15) is 69.8 Å². The van der Waals surface area contributed by atoms with Gasteiger partial charge in [-0.1, -0.05) is 56.0 Å². The molecule has 146 valence electrons. The van der Waals surface area contributed by atoms with Crippen molar-refractivity contribution < 1.29 is 9.59 Å². The van der Waals surface area contributed by atoms with E-state index in [4.69, 9.17) is 0 Å².